The molecule has 0 saturated carbocycles. The van der Waals surface area contributed by atoms with E-state index in [9.17, 15) is 4.21 Å². The van der Waals surface area contributed by atoms with Crippen LogP contribution in [0.25, 0.3) is 0 Å². The number of nitrogens with one attached hydrogen (secondary N) is 1. The summed E-state index contributed by atoms with van der Waals surface area (Å²) in [6.45, 7) is 2.08. The van der Waals surface area contributed by atoms with Gasteiger partial charge in [0, 0.05) is 23.0 Å². The van der Waals surface area contributed by atoms with E-state index in [1.165, 1.54) is 0 Å². The highest BCUT2D eigenvalue weighted by Gasteiger charge is 2.17. The van der Waals surface area contributed by atoms with Gasteiger partial charge < -0.3 is 5.32 Å². The zero-order valence-corrected chi connectivity index (χ0v) is 8.80. The molecule has 1 aliphatic rings. The Balaban J connectivity index is 1.95. The maximum Gasteiger partial charge on any atom is 0.0533 e. The molecule has 0 radical (unpaired) electrons. The first kappa shape index (κ1) is 9.80. The van der Waals surface area contributed by atoms with Crippen molar-refractivity contribution in [3.05, 3.63) is 24.5 Å². The second-order valence-electron chi connectivity index (χ2n) is 3.55. The van der Waals surface area contributed by atoms with Crippen molar-refractivity contribution in [1.29, 1.82) is 0 Å². The quantitative estimate of drug-likeness (QED) is 0.802. The van der Waals surface area contributed by atoms with Gasteiger partial charge in [-0.3, -0.25) is 9.19 Å². The van der Waals surface area contributed by atoms with Crippen molar-refractivity contribution in [2.24, 2.45) is 5.92 Å². The van der Waals surface area contributed by atoms with Gasteiger partial charge in [0.2, 0.25) is 0 Å². The molecule has 2 heterocycles. The van der Waals surface area contributed by atoms with Crippen LogP contribution in [-0.4, -0.2) is 28.0 Å². The topological polar surface area (TPSA) is 42.0 Å². The van der Waals surface area contributed by atoms with Crippen LogP contribution in [0.3, 0.4) is 0 Å². The Morgan fingerprint density at radius 2 is 2.29 bits per heavy atom. The summed E-state index contributed by atoms with van der Waals surface area (Å²) in [5.41, 5.74) is 0. The SMILES string of the molecule is O=[S@](C[C@H]1CCNC1)c1ccncc1. The first-order valence-corrected chi connectivity index (χ1v) is 6.17. The minimum Gasteiger partial charge on any atom is -0.316 e. The molecule has 0 spiro atoms. The second kappa shape index (κ2) is 4.66. The van der Waals surface area contributed by atoms with Gasteiger partial charge in [0.15, 0.2) is 0 Å². The lowest BCUT2D eigenvalue weighted by Gasteiger charge is -2.07. The van der Waals surface area contributed by atoms with Crippen LogP contribution >= 0.6 is 0 Å². The van der Waals surface area contributed by atoms with Crippen molar-refractivity contribution in [1.82, 2.24) is 10.3 Å². The average Bonchev–Trinajstić information content (AvgIpc) is 2.72. The van der Waals surface area contributed by atoms with Crippen molar-refractivity contribution >= 4 is 10.8 Å². The van der Waals surface area contributed by atoms with E-state index in [1.807, 2.05) is 12.1 Å². The number of hydrogen-bond donors (Lipinski definition) is 1. The van der Waals surface area contributed by atoms with Gasteiger partial charge in [-0.1, -0.05) is 0 Å². The molecule has 1 aromatic rings. The minimum atomic E-state index is -0.853. The smallest absolute Gasteiger partial charge is 0.0533 e. The molecule has 76 valence electrons. The first-order chi connectivity index (χ1) is 6.86. The molecule has 1 aromatic heterocycles. The fourth-order valence-electron chi connectivity index (χ4n) is 1.66. The summed E-state index contributed by atoms with van der Waals surface area (Å²) in [6, 6.07) is 3.66. The van der Waals surface area contributed by atoms with Crippen LogP contribution in [-0.2, 0) is 10.8 Å². The first-order valence-electron chi connectivity index (χ1n) is 4.85. The standard InChI is InChI=1S/C10H14N2OS/c13-14(8-9-1-4-12-7-9)10-2-5-11-6-3-10/h2-3,5-6,9,12H,1,4,7-8H2/t9-,14+/m0/s1. The van der Waals surface area contributed by atoms with E-state index < -0.39 is 10.8 Å². The van der Waals surface area contributed by atoms with Crippen molar-refractivity contribution < 1.29 is 4.21 Å². The van der Waals surface area contributed by atoms with Crippen LogP contribution in [0.2, 0.25) is 0 Å². The van der Waals surface area contributed by atoms with Crippen LogP contribution in [0.15, 0.2) is 29.4 Å². The van der Waals surface area contributed by atoms with Gasteiger partial charge in [0.25, 0.3) is 0 Å². The van der Waals surface area contributed by atoms with Crippen LogP contribution < -0.4 is 5.32 Å². The number of rotatable bonds is 3. The van der Waals surface area contributed by atoms with E-state index in [1.54, 1.807) is 12.4 Å². The van der Waals surface area contributed by atoms with Gasteiger partial charge >= 0.3 is 0 Å². The summed E-state index contributed by atoms with van der Waals surface area (Å²) in [4.78, 5) is 4.81. The van der Waals surface area contributed by atoms with Gasteiger partial charge in [-0.15, -0.1) is 0 Å². The van der Waals surface area contributed by atoms with Crippen LogP contribution in [0, 0.1) is 5.92 Å². The lowest BCUT2D eigenvalue weighted by atomic mass is 10.2. The number of pyridine rings is 1. The molecule has 2 rings (SSSR count). The molecule has 14 heavy (non-hydrogen) atoms. The molecule has 1 aliphatic heterocycles. The Kier molecular flexibility index (Phi) is 3.26. The molecule has 1 saturated heterocycles. The highest BCUT2D eigenvalue weighted by atomic mass is 32.2. The highest BCUT2D eigenvalue weighted by Crippen LogP contribution is 2.13. The molecule has 4 heteroatoms. The molecule has 0 unspecified atom stereocenters. The highest BCUT2D eigenvalue weighted by molar-refractivity contribution is 7.85. The minimum absolute atomic E-state index is 0.573. The molecule has 3 nitrogen and oxygen atoms in total. The van der Waals surface area contributed by atoms with Gasteiger partial charge in [0.1, 0.15) is 0 Å². The third kappa shape index (κ3) is 2.39. The summed E-state index contributed by atoms with van der Waals surface area (Å²) in [5, 5.41) is 3.28. The third-order valence-electron chi connectivity index (χ3n) is 2.46. The Labute approximate surface area is 86.4 Å². The van der Waals surface area contributed by atoms with E-state index >= 15 is 0 Å². The lowest BCUT2D eigenvalue weighted by Crippen LogP contribution is -2.15. The van der Waals surface area contributed by atoms with E-state index in [4.69, 9.17) is 0 Å². The number of hydrogen-bond acceptors (Lipinski definition) is 3. The largest absolute Gasteiger partial charge is 0.316 e. The Hall–Kier alpha value is -0.740. The van der Waals surface area contributed by atoms with Crippen LogP contribution in [0.4, 0.5) is 0 Å². The molecule has 0 aromatic carbocycles. The second-order valence-corrected chi connectivity index (χ2v) is 5.05. The lowest BCUT2D eigenvalue weighted by molar-refractivity contribution is 0.633. The van der Waals surface area contributed by atoms with Crippen molar-refractivity contribution in [2.45, 2.75) is 11.3 Å². The normalized spacial score (nSPS) is 23.6. The fraction of sp³-hybridized carbons (Fsp3) is 0.500. The van der Waals surface area contributed by atoms with Crippen molar-refractivity contribution in [3.8, 4) is 0 Å². The molecule has 2 atom stereocenters. The van der Waals surface area contributed by atoms with E-state index in [2.05, 4.69) is 10.3 Å². The maximum atomic E-state index is 11.9. The fourth-order valence-corrected chi connectivity index (χ4v) is 2.99. The summed E-state index contributed by atoms with van der Waals surface area (Å²) in [6.07, 6.45) is 4.54. The van der Waals surface area contributed by atoms with E-state index in [0.29, 0.717) is 5.92 Å². The average molecular weight is 210 g/mol. The number of aromatic nitrogens is 1. The number of nitrogens with zero attached hydrogens (tertiary/aromatic N) is 1. The molecule has 0 amide bonds. The third-order valence-corrected chi connectivity index (χ3v) is 4.03. The van der Waals surface area contributed by atoms with Crippen LogP contribution in [0.5, 0.6) is 0 Å². The van der Waals surface area contributed by atoms with Gasteiger partial charge in [0.05, 0.1) is 10.8 Å². The predicted molar refractivity (Wildman–Crippen MR) is 56.5 cm³/mol. The zero-order chi connectivity index (χ0) is 9.80. The summed E-state index contributed by atoms with van der Waals surface area (Å²) in [5.74, 6) is 1.35. The molecule has 1 N–H and O–H groups in total. The van der Waals surface area contributed by atoms with Crippen molar-refractivity contribution in [3.63, 3.8) is 0 Å². The van der Waals surface area contributed by atoms with E-state index in [0.717, 1.165) is 30.2 Å². The molecular weight excluding hydrogens is 196 g/mol. The van der Waals surface area contributed by atoms with Crippen LogP contribution in [0.1, 0.15) is 6.42 Å². The zero-order valence-electron chi connectivity index (χ0n) is 7.98. The summed E-state index contributed by atoms with van der Waals surface area (Å²) >= 11 is 0. The van der Waals surface area contributed by atoms with Crippen molar-refractivity contribution in [2.75, 3.05) is 18.8 Å². The molecule has 0 aliphatic carbocycles. The monoisotopic (exact) mass is 210 g/mol. The maximum absolute atomic E-state index is 11.9. The Morgan fingerprint density at radius 3 is 2.93 bits per heavy atom. The van der Waals surface area contributed by atoms with Gasteiger partial charge in [-0.25, -0.2) is 0 Å². The van der Waals surface area contributed by atoms with Gasteiger partial charge in [-0.05, 0) is 37.6 Å². The molecule has 1 fully saturated rings. The van der Waals surface area contributed by atoms with Gasteiger partial charge in [-0.2, -0.15) is 0 Å². The molecular formula is C10H14N2OS. The Morgan fingerprint density at radius 1 is 1.50 bits per heavy atom. The molecule has 0 bridgehead atoms. The summed E-state index contributed by atoms with van der Waals surface area (Å²) < 4.78 is 11.9. The Bertz CT molecular complexity index is 309. The van der Waals surface area contributed by atoms with E-state index in [-0.39, 0.29) is 0 Å². The summed E-state index contributed by atoms with van der Waals surface area (Å²) in [7, 11) is -0.853. The predicted octanol–water partition coefficient (Wildman–Crippen LogP) is 0.799.